The number of aromatic nitrogens is 2. The van der Waals surface area contributed by atoms with Crippen LogP contribution in [0.2, 0.25) is 0 Å². The average molecular weight is 302 g/mol. The van der Waals surface area contributed by atoms with Crippen molar-refractivity contribution in [3.8, 4) is 11.6 Å². The molecule has 4 aromatic rings. The molecule has 3 heteroatoms. The summed E-state index contributed by atoms with van der Waals surface area (Å²) in [5.74, 6) is 1.54. The summed E-state index contributed by atoms with van der Waals surface area (Å²) in [6.45, 7) is 2.14. The quantitative estimate of drug-likeness (QED) is 0.581. The van der Waals surface area contributed by atoms with E-state index in [9.17, 15) is 0 Å². The van der Waals surface area contributed by atoms with E-state index in [-0.39, 0.29) is 0 Å². The van der Waals surface area contributed by atoms with Gasteiger partial charge in [-0.3, -0.25) is 0 Å². The highest BCUT2D eigenvalue weighted by Crippen LogP contribution is 2.22. The second-order valence-corrected chi connectivity index (χ2v) is 5.90. The average Bonchev–Trinajstić information content (AvgIpc) is 3.21. The predicted octanol–water partition coefficient (Wildman–Crippen LogP) is 4.92. The molecular weight excluding hydrogens is 284 g/mol. The van der Waals surface area contributed by atoms with Crippen LogP contribution < -0.4 is 0 Å². The van der Waals surface area contributed by atoms with Gasteiger partial charge in [0.15, 0.2) is 11.6 Å². The van der Waals surface area contributed by atoms with E-state index in [0.717, 1.165) is 35.5 Å². The van der Waals surface area contributed by atoms with Crippen LogP contribution in [0.5, 0.6) is 0 Å². The zero-order valence-electron chi connectivity index (χ0n) is 13.0. The van der Waals surface area contributed by atoms with Crippen LogP contribution in [0.1, 0.15) is 16.7 Å². The fourth-order valence-corrected chi connectivity index (χ4v) is 2.90. The number of nitrogens with zero attached hydrogens (tertiary/aromatic N) is 1. The summed E-state index contributed by atoms with van der Waals surface area (Å²) < 4.78 is 5.40. The molecule has 0 saturated heterocycles. The molecule has 0 aliphatic rings. The fourth-order valence-electron chi connectivity index (χ4n) is 2.90. The van der Waals surface area contributed by atoms with Crippen LogP contribution in [0.25, 0.3) is 22.6 Å². The summed E-state index contributed by atoms with van der Waals surface area (Å²) in [6, 6.07) is 18.9. The molecule has 0 atom stereocenters. The van der Waals surface area contributed by atoms with Gasteiger partial charge in [0.25, 0.3) is 0 Å². The number of benzene rings is 2. The Bertz CT molecular complexity index is 935. The van der Waals surface area contributed by atoms with E-state index in [2.05, 4.69) is 59.4 Å². The molecule has 0 radical (unpaired) electrons. The standard InChI is InChI=1S/C20H18N2O/c1-14-4-2-5-15(12-14)7-8-16-9-10-17-18(13-16)22-20(21-17)19-6-3-11-23-19/h2-6,9-13H,7-8H2,1H3,(H,21,22). The molecule has 0 aliphatic carbocycles. The summed E-state index contributed by atoms with van der Waals surface area (Å²) in [4.78, 5) is 7.92. The van der Waals surface area contributed by atoms with Crippen LogP contribution in [0.15, 0.2) is 65.3 Å². The van der Waals surface area contributed by atoms with Gasteiger partial charge in [-0.1, -0.05) is 35.9 Å². The molecule has 0 fully saturated rings. The van der Waals surface area contributed by atoms with Crippen molar-refractivity contribution in [3.05, 3.63) is 77.6 Å². The van der Waals surface area contributed by atoms with Gasteiger partial charge in [-0.05, 0) is 55.2 Å². The van der Waals surface area contributed by atoms with E-state index in [0.29, 0.717) is 0 Å². The Balaban J connectivity index is 1.56. The molecule has 2 heterocycles. The lowest BCUT2D eigenvalue weighted by atomic mass is 10.0. The molecule has 4 rings (SSSR count). The smallest absolute Gasteiger partial charge is 0.174 e. The Morgan fingerprint density at radius 3 is 2.61 bits per heavy atom. The van der Waals surface area contributed by atoms with Crippen molar-refractivity contribution >= 4 is 11.0 Å². The Hall–Kier alpha value is -2.81. The summed E-state index contributed by atoms with van der Waals surface area (Å²) in [7, 11) is 0. The van der Waals surface area contributed by atoms with Gasteiger partial charge in [0.1, 0.15) is 0 Å². The SMILES string of the molecule is Cc1cccc(CCc2ccc3nc(-c4ccco4)[nH]c3c2)c1. The third kappa shape index (κ3) is 2.90. The Kier molecular flexibility index (Phi) is 3.46. The summed E-state index contributed by atoms with van der Waals surface area (Å²) in [5.41, 5.74) is 6.03. The van der Waals surface area contributed by atoms with Crippen LogP contribution >= 0.6 is 0 Å². The molecule has 2 aromatic carbocycles. The first-order chi connectivity index (χ1) is 11.3. The minimum absolute atomic E-state index is 0.766. The highest BCUT2D eigenvalue weighted by Gasteiger charge is 2.08. The maximum absolute atomic E-state index is 5.40. The molecule has 0 amide bonds. The number of H-pyrrole nitrogens is 1. The lowest BCUT2D eigenvalue weighted by Crippen LogP contribution is -1.91. The zero-order valence-corrected chi connectivity index (χ0v) is 13.0. The summed E-state index contributed by atoms with van der Waals surface area (Å²) in [5, 5.41) is 0. The maximum Gasteiger partial charge on any atom is 0.174 e. The first kappa shape index (κ1) is 13.8. The van der Waals surface area contributed by atoms with Crippen molar-refractivity contribution in [1.82, 2.24) is 9.97 Å². The van der Waals surface area contributed by atoms with E-state index in [1.165, 1.54) is 16.7 Å². The van der Waals surface area contributed by atoms with Crippen LogP contribution in [0.3, 0.4) is 0 Å². The van der Waals surface area contributed by atoms with Crippen LogP contribution in [-0.2, 0) is 12.8 Å². The number of aryl methyl sites for hydroxylation is 3. The van der Waals surface area contributed by atoms with Gasteiger partial charge in [0.2, 0.25) is 0 Å². The monoisotopic (exact) mass is 302 g/mol. The van der Waals surface area contributed by atoms with E-state index < -0.39 is 0 Å². The summed E-state index contributed by atoms with van der Waals surface area (Å²) >= 11 is 0. The molecule has 0 aliphatic heterocycles. The van der Waals surface area contributed by atoms with Gasteiger partial charge in [0, 0.05) is 0 Å². The minimum Gasteiger partial charge on any atom is -0.461 e. The highest BCUT2D eigenvalue weighted by atomic mass is 16.3. The van der Waals surface area contributed by atoms with E-state index >= 15 is 0 Å². The van der Waals surface area contributed by atoms with Gasteiger partial charge >= 0.3 is 0 Å². The van der Waals surface area contributed by atoms with Gasteiger partial charge in [-0.25, -0.2) is 4.98 Å². The maximum atomic E-state index is 5.40. The molecule has 0 bridgehead atoms. The highest BCUT2D eigenvalue weighted by molar-refractivity contribution is 5.79. The van der Waals surface area contributed by atoms with Gasteiger partial charge < -0.3 is 9.40 Å². The molecular formula is C20H18N2O. The van der Waals surface area contributed by atoms with Crippen molar-refractivity contribution < 1.29 is 4.42 Å². The molecule has 3 nitrogen and oxygen atoms in total. The first-order valence-corrected chi connectivity index (χ1v) is 7.86. The van der Waals surface area contributed by atoms with Crippen molar-refractivity contribution in [2.24, 2.45) is 0 Å². The number of furan rings is 1. The number of rotatable bonds is 4. The number of imidazole rings is 1. The first-order valence-electron chi connectivity index (χ1n) is 7.86. The Labute approximate surface area is 135 Å². The number of fused-ring (bicyclic) bond motifs is 1. The van der Waals surface area contributed by atoms with Crippen LogP contribution in [0, 0.1) is 6.92 Å². The number of aromatic amines is 1. The molecule has 114 valence electrons. The second-order valence-electron chi connectivity index (χ2n) is 5.90. The van der Waals surface area contributed by atoms with Gasteiger partial charge in [-0.2, -0.15) is 0 Å². The van der Waals surface area contributed by atoms with Crippen LogP contribution in [0.4, 0.5) is 0 Å². The zero-order chi connectivity index (χ0) is 15.6. The predicted molar refractivity (Wildman–Crippen MR) is 92.4 cm³/mol. The van der Waals surface area contributed by atoms with Crippen molar-refractivity contribution in [3.63, 3.8) is 0 Å². The van der Waals surface area contributed by atoms with Crippen molar-refractivity contribution in [1.29, 1.82) is 0 Å². The molecule has 0 unspecified atom stereocenters. The van der Waals surface area contributed by atoms with Crippen molar-refractivity contribution in [2.45, 2.75) is 19.8 Å². The Morgan fingerprint density at radius 1 is 0.957 bits per heavy atom. The topological polar surface area (TPSA) is 41.8 Å². The lowest BCUT2D eigenvalue weighted by molar-refractivity contribution is 0.578. The largest absolute Gasteiger partial charge is 0.461 e. The van der Waals surface area contributed by atoms with E-state index in [1.54, 1.807) is 6.26 Å². The number of nitrogens with one attached hydrogen (secondary N) is 1. The van der Waals surface area contributed by atoms with Gasteiger partial charge in [-0.15, -0.1) is 0 Å². The Morgan fingerprint density at radius 2 is 1.83 bits per heavy atom. The normalized spacial score (nSPS) is 11.2. The minimum atomic E-state index is 0.766. The van der Waals surface area contributed by atoms with E-state index in [1.807, 2.05) is 12.1 Å². The fraction of sp³-hybridized carbons (Fsp3) is 0.150. The van der Waals surface area contributed by atoms with Crippen molar-refractivity contribution in [2.75, 3.05) is 0 Å². The second kappa shape index (κ2) is 5.76. The lowest BCUT2D eigenvalue weighted by Gasteiger charge is -2.03. The molecule has 23 heavy (non-hydrogen) atoms. The van der Waals surface area contributed by atoms with Gasteiger partial charge in [0.05, 0.1) is 17.3 Å². The third-order valence-corrected chi connectivity index (χ3v) is 4.09. The molecule has 0 saturated carbocycles. The number of hydrogen-bond donors (Lipinski definition) is 1. The van der Waals surface area contributed by atoms with E-state index in [4.69, 9.17) is 4.42 Å². The molecule has 2 aromatic heterocycles. The number of hydrogen-bond acceptors (Lipinski definition) is 2. The molecule has 0 spiro atoms. The third-order valence-electron chi connectivity index (χ3n) is 4.09. The van der Waals surface area contributed by atoms with Crippen LogP contribution in [-0.4, -0.2) is 9.97 Å². The summed E-state index contributed by atoms with van der Waals surface area (Å²) in [6.07, 6.45) is 3.73. The molecule has 1 N–H and O–H groups in total.